The predicted octanol–water partition coefficient (Wildman–Crippen LogP) is 12.7. The summed E-state index contributed by atoms with van der Waals surface area (Å²) in [6.45, 7) is 5.91. The van der Waals surface area contributed by atoms with Crippen molar-refractivity contribution in [1.82, 2.24) is 14.3 Å². The van der Waals surface area contributed by atoms with Gasteiger partial charge in [-0.1, -0.05) is 129 Å². The largest absolute Gasteiger partial charge is 0.491 e. The van der Waals surface area contributed by atoms with Crippen molar-refractivity contribution in [2.24, 2.45) is 0 Å². The quantitative estimate of drug-likeness (QED) is 0.0294. The number of aromatic nitrogens is 2. The maximum atomic E-state index is 13.7. The van der Waals surface area contributed by atoms with Crippen LogP contribution < -0.4 is 4.74 Å². The smallest absolute Gasteiger partial charge is 0.297 e. The van der Waals surface area contributed by atoms with Gasteiger partial charge >= 0.3 is 0 Å². The number of amides is 1. The molecule has 2 heterocycles. The SMILES string of the molecule is CCCCCCCCCCCCN(CCCCCCCCCCCC)C(=O)c1ccc(S(=O)(=O)OCCOc2ccc(-c3cn4cc(I)ccc4n3)cc2)cc1. The lowest BCUT2D eigenvalue weighted by atomic mass is 10.1. The molecule has 0 atom stereocenters. The number of ether oxygens (including phenoxy) is 1. The van der Waals surface area contributed by atoms with Crippen LogP contribution in [-0.2, 0) is 14.3 Å². The summed E-state index contributed by atoms with van der Waals surface area (Å²) in [4.78, 5) is 20.4. The minimum absolute atomic E-state index is 0.0245. The third-order valence-electron chi connectivity index (χ3n) is 10.4. The van der Waals surface area contributed by atoms with E-state index in [4.69, 9.17) is 8.92 Å². The highest BCUT2D eigenvalue weighted by Gasteiger charge is 2.19. The van der Waals surface area contributed by atoms with Crippen LogP contribution in [-0.4, -0.2) is 54.9 Å². The Labute approximate surface area is 351 Å². The summed E-state index contributed by atoms with van der Waals surface area (Å²) in [5.41, 5.74) is 3.20. The van der Waals surface area contributed by atoms with Crippen LogP contribution in [0.4, 0.5) is 0 Å². The van der Waals surface area contributed by atoms with E-state index in [-0.39, 0.29) is 24.0 Å². The van der Waals surface area contributed by atoms with E-state index >= 15 is 0 Å². The van der Waals surface area contributed by atoms with Gasteiger partial charge in [0, 0.05) is 40.2 Å². The Morgan fingerprint density at radius 2 is 1.16 bits per heavy atom. The van der Waals surface area contributed by atoms with Crippen molar-refractivity contribution in [3.63, 3.8) is 0 Å². The van der Waals surface area contributed by atoms with Crippen molar-refractivity contribution in [3.8, 4) is 17.0 Å². The predicted molar refractivity (Wildman–Crippen MR) is 238 cm³/mol. The summed E-state index contributed by atoms with van der Waals surface area (Å²) >= 11 is 2.28. The fraction of sp³-hybridized carbons (Fsp3) is 0.565. The van der Waals surface area contributed by atoms with Crippen molar-refractivity contribution >= 4 is 44.3 Å². The van der Waals surface area contributed by atoms with Gasteiger partial charge in [0.25, 0.3) is 16.0 Å². The fourth-order valence-corrected chi connectivity index (χ4v) is 8.41. The molecule has 2 aromatic heterocycles. The van der Waals surface area contributed by atoms with Gasteiger partial charge in [-0.25, -0.2) is 4.98 Å². The fourth-order valence-electron chi connectivity index (χ4n) is 7.04. The molecule has 0 fully saturated rings. The first-order valence-electron chi connectivity index (χ1n) is 21.5. The number of rotatable bonds is 30. The molecule has 10 heteroatoms. The van der Waals surface area contributed by atoms with E-state index in [1.807, 2.05) is 58.1 Å². The second-order valence-corrected chi connectivity index (χ2v) is 17.9. The molecule has 0 aliphatic rings. The van der Waals surface area contributed by atoms with Crippen molar-refractivity contribution in [1.29, 1.82) is 0 Å². The van der Waals surface area contributed by atoms with Gasteiger partial charge in [-0.05, 0) is 96.1 Å². The average molecular weight is 900 g/mol. The average Bonchev–Trinajstić information content (AvgIpc) is 3.63. The summed E-state index contributed by atoms with van der Waals surface area (Å²) in [7, 11) is -4.02. The topological polar surface area (TPSA) is 90.2 Å². The second kappa shape index (κ2) is 26.1. The molecule has 1 amide bonds. The van der Waals surface area contributed by atoms with E-state index in [0.717, 1.165) is 59.2 Å². The van der Waals surface area contributed by atoms with E-state index < -0.39 is 10.1 Å². The highest BCUT2D eigenvalue weighted by atomic mass is 127. The lowest BCUT2D eigenvalue weighted by Gasteiger charge is -2.23. The Morgan fingerprint density at radius 3 is 1.70 bits per heavy atom. The van der Waals surface area contributed by atoms with Gasteiger partial charge in [-0.2, -0.15) is 8.42 Å². The number of hydrogen-bond acceptors (Lipinski definition) is 6. The first-order chi connectivity index (χ1) is 27.3. The van der Waals surface area contributed by atoms with Crippen molar-refractivity contribution in [3.05, 3.63) is 82.2 Å². The zero-order valence-corrected chi connectivity index (χ0v) is 37.0. The number of imidazole rings is 1. The molecule has 308 valence electrons. The third kappa shape index (κ3) is 16.5. The number of carbonyl (C=O) groups excluding carboxylic acids is 1. The van der Waals surface area contributed by atoms with Crippen LogP contribution in [0.25, 0.3) is 16.9 Å². The number of unbranched alkanes of at least 4 members (excludes halogenated alkanes) is 18. The van der Waals surface area contributed by atoms with Crippen LogP contribution in [0.15, 0.2) is 78.0 Å². The van der Waals surface area contributed by atoms with Crippen LogP contribution >= 0.6 is 22.6 Å². The van der Waals surface area contributed by atoms with E-state index in [2.05, 4.69) is 41.4 Å². The summed E-state index contributed by atoms with van der Waals surface area (Å²) in [5.74, 6) is 0.577. The molecule has 8 nitrogen and oxygen atoms in total. The molecule has 0 unspecified atom stereocenters. The lowest BCUT2D eigenvalue weighted by Crippen LogP contribution is -2.33. The molecule has 0 saturated heterocycles. The lowest BCUT2D eigenvalue weighted by molar-refractivity contribution is 0.0749. The van der Waals surface area contributed by atoms with Gasteiger partial charge in [0.1, 0.15) is 24.6 Å². The molecule has 4 rings (SSSR count). The van der Waals surface area contributed by atoms with Gasteiger partial charge in [0.05, 0.1) is 10.6 Å². The van der Waals surface area contributed by atoms with E-state index in [1.54, 1.807) is 12.1 Å². The van der Waals surface area contributed by atoms with Gasteiger partial charge < -0.3 is 14.0 Å². The van der Waals surface area contributed by atoms with E-state index in [9.17, 15) is 13.2 Å². The van der Waals surface area contributed by atoms with Crippen molar-refractivity contribution in [2.45, 2.75) is 147 Å². The monoisotopic (exact) mass is 899 g/mol. The molecular weight excluding hydrogens is 833 g/mol. The molecular formula is C46H66IN3O5S. The molecule has 0 radical (unpaired) electrons. The molecule has 2 aromatic carbocycles. The summed E-state index contributed by atoms with van der Waals surface area (Å²) in [5, 5.41) is 0. The standard InChI is InChI=1S/C46H66IN3O5S/c1-3-5-7-9-11-13-15-17-19-21-33-49(34-22-20-18-16-14-12-10-8-6-4-2)46(51)40-25-30-43(31-26-40)56(52,53)55-36-35-54-42-28-23-39(24-29-42)44-38-50-37-41(47)27-32-45(50)48-44/h23-32,37-38H,3-22,33-36H2,1-2H3. The van der Waals surface area contributed by atoms with E-state index in [1.165, 1.54) is 115 Å². The third-order valence-corrected chi connectivity index (χ3v) is 12.4. The molecule has 0 aliphatic heterocycles. The molecule has 56 heavy (non-hydrogen) atoms. The molecule has 0 saturated carbocycles. The maximum Gasteiger partial charge on any atom is 0.297 e. The molecule has 0 bridgehead atoms. The van der Waals surface area contributed by atoms with Crippen LogP contribution in [0.1, 0.15) is 153 Å². The van der Waals surface area contributed by atoms with Gasteiger partial charge in [-0.15, -0.1) is 0 Å². The minimum atomic E-state index is -4.02. The first-order valence-corrected chi connectivity index (χ1v) is 24.0. The van der Waals surface area contributed by atoms with Crippen LogP contribution in [0.2, 0.25) is 0 Å². The Balaban J connectivity index is 1.21. The number of nitrogens with zero attached hydrogens (tertiary/aromatic N) is 3. The maximum absolute atomic E-state index is 13.7. The Hall–Kier alpha value is -2.96. The van der Waals surface area contributed by atoms with Crippen LogP contribution in [0, 0.1) is 3.57 Å². The first kappa shape index (κ1) is 45.7. The number of carbonyl (C=O) groups is 1. The number of fused-ring (bicyclic) bond motifs is 1. The summed E-state index contributed by atoms with van der Waals surface area (Å²) in [6.07, 6.45) is 29.1. The molecule has 0 spiro atoms. The van der Waals surface area contributed by atoms with Crippen molar-refractivity contribution < 1.29 is 22.1 Å². The summed E-state index contributed by atoms with van der Waals surface area (Å²) in [6, 6.07) is 17.7. The van der Waals surface area contributed by atoms with Crippen molar-refractivity contribution in [2.75, 3.05) is 26.3 Å². The Bertz CT molecular complexity index is 1770. The number of pyridine rings is 1. The normalized spacial score (nSPS) is 11.7. The zero-order valence-electron chi connectivity index (χ0n) is 34.1. The van der Waals surface area contributed by atoms with Gasteiger partial charge in [-0.3, -0.25) is 8.98 Å². The summed E-state index contributed by atoms with van der Waals surface area (Å²) < 4.78 is 40.2. The second-order valence-electron chi connectivity index (χ2n) is 15.1. The number of hydrogen-bond donors (Lipinski definition) is 0. The molecule has 4 aromatic rings. The molecule has 0 aliphatic carbocycles. The van der Waals surface area contributed by atoms with Gasteiger partial charge in [0.15, 0.2) is 0 Å². The minimum Gasteiger partial charge on any atom is -0.491 e. The zero-order chi connectivity index (χ0) is 39.9. The van der Waals surface area contributed by atoms with Gasteiger partial charge in [0.2, 0.25) is 0 Å². The Morgan fingerprint density at radius 1 is 0.643 bits per heavy atom. The van der Waals surface area contributed by atoms with Crippen LogP contribution in [0.3, 0.4) is 0 Å². The van der Waals surface area contributed by atoms with Crippen LogP contribution in [0.5, 0.6) is 5.75 Å². The highest BCUT2D eigenvalue weighted by Crippen LogP contribution is 2.23. The highest BCUT2D eigenvalue weighted by molar-refractivity contribution is 14.1. The number of halogens is 1. The number of benzene rings is 2. The molecule has 0 N–H and O–H groups in total. The Kier molecular flexibility index (Phi) is 21.3. The van der Waals surface area contributed by atoms with E-state index in [0.29, 0.717) is 11.3 Å².